The van der Waals surface area contributed by atoms with Crippen LogP contribution in [-0.2, 0) is 22.4 Å². The van der Waals surface area contributed by atoms with Crippen LogP contribution in [-0.4, -0.2) is 36.4 Å². The van der Waals surface area contributed by atoms with Crippen molar-refractivity contribution in [1.29, 1.82) is 0 Å². The molecule has 142 valence electrons. The minimum absolute atomic E-state index is 0.595. The van der Waals surface area contributed by atoms with E-state index in [1.165, 1.54) is 0 Å². The summed E-state index contributed by atoms with van der Waals surface area (Å²) < 4.78 is 10.6. The van der Waals surface area contributed by atoms with Crippen molar-refractivity contribution < 1.29 is 29.3 Å². The average molecular weight is 371 g/mol. The predicted molar refractivity (Wildman–Crippen MR) is 100 cm³/mol. The maximum atomic E-state index is 10.8. The number of carbonyl (C=O) groups is 2. The second-order valence-corrected chi connectivity index (χ2v) is 5.69. The van der Waals surface area contributed by atoms with Gasteiger partial charge in [0.25, 0.3) is 0 Å². The van der Waals surface area contributed by atoms with Crippen molar-refractivity contribution in [1.82, 2.24) is 0 Å². The quantitative estimate of drug-likeness (QED) is 0.353. The largest absolute Gasteiger partial charge is 0.497 e. The molecule has 0 atom stereocenters. The molecule has 0 heterocycles. The van der Waals surface area contributed by atoms with Crippen molar-refractivity contribution in [3.8, 4) is 11.5 Å². The Kier molecular flexibility index (Phi) is 6.82. The maximum absolute atomic E-state index is 10.8. The Bertz CT molecular complexity index is 826. The standard InChI is InChI=1S/C20H21NO6/c1-26-16-9-10-18(27-2)14(11-16)6-3-13-4-7-15(8-5-13)21-12-17(19(22)23)20(24)25/h4-5,7-12,21H,3,6H2,1-2H3,(H,22,23)(H,24,25). The summed E-state index contributed by atoms with van der Waals surface area (Å²) in [6.07, 6.45) is 2.49. The van der Waals surface area contributed by atoms with Crippen LogP contribution >= 0.6 is 0 Å². The van der Waals surface area contributed by atoms with E-state index in [-0.39, 0.29) is 0 Å². The minimum atomic E-state index is -1.50. The molecule has 0 unspecified atom stereocenters. The highest BCUT2D eigenvalue weighted by Crippen LogP contribution is 2.25. The van der Waals surface area contributed by atoms with Gasteiger partial charge in [-0.1, -0.05) is 12.1 Å². The van der Waals surface area contributed by atoms with Crippen molar-refractivity contribution in [3.05, 3.63) is 65.4 Å². The Morgan fingerprint density at radius 2 is 1.63 bits per heavy atom. The number of methoxy groups -OCH3 is 2. The van der Waals surface area contributed by atoms with Gasteiger partial charge in [-0.05, 0) is 54.3 Å². The molecular weight excluding hydrogens is 350 g/mol. The van der Waals surface area contributed by atoms with Crippen LogP contribution in [0.2, 0.25) is 0 Å². The smallest absolute Gasteiger partial charge is 0.344 e. The van der Waals surface area contributed by atoms with Gasteiger partial charge in [-0.15, -0.1) is 0 Å². The molecule has 7 nitrogen and oxygen atoms in total. The van der Waals surface area contributed by atoms with E-state index >= 15 is 0 Å². The lowest BCUT2D eigenvalue weighted by atomic mass is 10.0. The van der Waals surface area contributed by atoms with Crippen LogP contribution in [0.4, 0.5) is 5.69 Å². The zero-order chi connectivity index (χ0) is 19.8. The molecule has 2 aromatic carbocycles. The van der Waals surface area contributed by atoms with Crippen molar-refractivity contribution in [2.24, 2.45) is 0 Å². The van der Waals surface area contributed by atoms with Crippen LogP contribution in [0.5, 0.6) is 11.5 Å². The van der Waals surface area contributed by atoms with Gasteiger partial charge in [0.2, 0.25) is 0 Å². The Labute approximate surface area is 156 Å². The second kappa shape index (κ2) is 9.28. The minimum Gasteiger partial charge on any atom is -0.497 e. The van der Waals surface area contributed by atoms with E-state index in [9.17, 15) is 9.59 Å². The maximum Gasteiger partial charge on any atom is 0.344 e. The Balaban J connectivity index is 2.03. The van der Waals surface area contributed by atoms with Gasteiger partial charge in [0.1, 0.15) is 11.5 Å². The first-order valence-corrected chi connectivity index (χ1v) is 8.17. The molecule has 0 radical (unpaired) electrons. The van der Waals surface area contributed by atoms with E-state index < -0.39 is 17.5 Å². The van der Waals surface area contributed by atoms with Gasteiger partial charge in [0.15, 0.2) is 5.57 Å². The highest BCUT2D eigenvalue weighted by atomic mass is 16.5. The first kappa shape index (κ1) is 19.8. The number of benzene rings is 2. The fraction of sp³-hybridized carbons (Fsp3) is 0.200. The topological polar surface area (TPSA) is 105 Å². The summed E-state index contributed by atoms with van der Waals surface area (Å²) in [6.45, 7) is 0. The normalized spacial score (nSPS) is 10.0. The summed E-state index contributed by atoms with van der Waals surface area (Å²) in [5.74, 6) is -1.43. The van der Waals surface area contributed by atoms with Crippen molar-refractivity contribution in [2.45, 2.75) is 12.8 Å². The summed E-state index contributed by atoms with van der Waals surface area (Å²) in [7, 11) is 3.24. The average Bonchev–Trinajstić information content (AvgIpc) is 2.66. The molecule has 0 spiro atoms. The molecule has 2 rings (SSSR count). The van der Waals surface area contributed by atoms with E-state index in [4.69, 9.17) is 19.7 Å². The molecule has 0 aliphatic carbocycles. The monoisotopic (exact) mass is 371 g/mol. The lowest BCUT2D eigenvalue weighted by Crippen LogP contribution is -2.12. The molecule has 7 heteroatoms. The third-order valence-corrected chi connectivity index (χ3v) is 3.97. The van der Waals surface area contributed by atoms with Crippen molar-refractivity contribution >= 4 is 17.6 Å². The number of anilines is 1. The summed E-state index contributed by atoms with van der Waals surface area (Å²) in [6, 6.07) is 13.0. The molecule has 2 aromatic rings. The van der Waals surface area contributed by atoms with Crippen molar-refractivity contribution in [3.63, 3.8) is 0 Å². The molecule has 3 N–H and O–H groups in total. The molecule has 0 fully saturated rings. The number of rotatable bonds is 9. The SMILES string of the molecule is COc1ccc(OC)c(CCc2ccc(NC=C(C(=O)O)C(=O)O)cc2)c1. The number of carboxylic acid groups (broad SMARTS) is 2. The van der Waals surface area contributed by atoms with E-state index in [0.29, 0.717) is 5.69 Å². The van der Waals surface area contributed by atoms with E-state index in [2.05, 4.69) is 5.32 Å². The molecular formula is C20H21NO6. The Morgan fingerprint density at radius 3 is 2.19 bits per heavy atom. The van der Waals surface area contributed by atoms with Gasteiger partial charge in [0, 0.05) is 11.9 Å². The number of aliphatic carboxylic acids is 2. The van der Waals surface area contributed by atoms with Crippen LogP contribution in [0.15, 0.2) is 54.2 Å². The Morgan fingerprint density at radius 1 is 0.963 bits per heavy atom. The third kappa shape index (κ3) is 5.50. The second-order valence-electron chi connectivity index (χ2n) is 5.69. The van der Waals surface area contributed by atoms with Gasteiger partial charge < -0.3 is 25.0 Å². The zero-order valence-electron chi connectivity index (χ0n) is 15.1. The van der Waals surface area contributed by atoms with E-state index in [1.807, 2.05) is 30.3 Å². The lowest BCUT2D eigenvalue weighted by Gasteiger charge is -2.11. The fourth-order valence-corrected chi connectivity index (χ4v) is 2.49. The number of ether oxygens (including phenoxy) is 2. The number of nitrogens with one attached hydrogen (secondary N) is 1. The molecule has 0 aliphatic rings. The van der Waals surface area contributed by atoms with Crippen LogP contribution in [0.3, 0.4) is 0 Å². The first-order chi connectivity index (χ1) is 12.9. The van der Waals surface area contributed by atoms with Crippen LogP contribution < -0.4 is 14.8 Å². The van der Waals surface area contributed by atoms with Gasteiger partial charge >= 0.3 is 11.9 Å². The lowest BCUT2D eigenvalue weighted by molar-refractivity contribution is -0.140. The van der Waals surface area contributed by atoms with Crippen LogP contribution in [0.1, 0.15) is 11.1 Å². The van der Waals surface area contributed by atoms with Crippen LogP contribution in [0.25, 0.3) is 0 Å². The molecule has 0 aromatic heterocycles. The first-order valence-electron chi connectivity index (χ1n) is 8.17. The number of hydrogen-bond acceptors (Lipinski definition) is 5. The van der Waals surface area contributed by atoms with Crippen LogP contribution in [0, 0.1) is 0 Å². The van der Waals surface area contributed by atoms with Gasteiger partial charge in [-0.2, -0.15) is 0 Å². The van der Waals surface area contributed by atoms with Gasteiger partial charge in [0.05, 0.1) is 14.2 Å². The van der Waals surface area contributed by atoms with E-state index in [1.54, 1.807) is 26.4 Å². The van der Waals surface area contributed by atoms with Gasteiger partial charge in [-0.25, -0.2) is 9.59 Å². The molecule has 0 saturated heterocycles. The summed E-state index contributed by atoms with van der Waals surface area (Å²) in [4.78, 5) is 21.7. The molecule has 27 heavy (non-hydrogen) atoms. The predicted octanol–water partition coefficient (Wildman–Crippen LogP) is 2.95. The third-order valence-electron chi connectivity index (χ3n) is 3.97. The summed E-state index contributed by atoms with van der Waals surface area (Å²) in [5, 5.41) is 20.3. The summed E-state index contributed by atoms with van der Waals surface area (Å²) >= 11 is 0. The molecule has 0 amide bonds. The number of hydrogen-bond donors (Lipinski definition) is 3. The molecule has 0 bridgehead atoms. The molecule has 0 saturated carbocycles. The van der Waals surface area contributed by atoms with Crippen molar-refractivity contribution in [2.75, 3.05) is 19.5 Å². The zero-order valence-corrected chi connectivity index (χ0v) is 15.1. The highest BCUT2D eigenvalue weighted by molar-refractivity contribution is 6.12. The number of carboxylic acids is 2. The van der Waals surface area contributed by atoms with Gasteiger partial charge in [-0.3, -0.25) is 0 Å². The highest BCUT2D eigenvalue weighted by Gasteiger charge is 2.15. The Hall–Kier alpha value is -3.48. The molecule has 0 aliphatic heterocycles. The number of aryl methyl sites for hydroxylation is 2. The van der Waals surface area contributed by atoms with E-state index in [0.717, 1.165) is 41.7 Å². The fourth-order valence-electron chi connectivity index (χ4n) is 2.49. The summed E-state index contributed by atoms with van der Waals surface area (Å²) in [5.41, 5.74) is 1.97.